The van der Waals surface area contributed by atoms with Crippen molar-refractivity contribution in [2.75, 3.05) is 33.3 Å². The van der Waals surface area contributed by atoms with Crippen LogP contribution in [-0.4, -0.2) is 50.9 Å². The van der Waals surface area contributed by atoms with Crippen LogP contribution in [0.1, 0.15) is 22.7 Å². The summed E-state index contributed by atoms with van der Waals surface area (Å²) in [4.78, 5) is 2.61. The summed E-state index contributed by atoms with van der Waals surface area (Å²) < 4.78 is 33.6. The van der Waals surface area contributed by atoms with Crippen LogP contribution in [0.15, 0.2) is 83.8 Å². The Morgan fingerprint density at radius 2 is 1.35 bits per heavy atom. The molecule has 1 heterocycles. The molecule has 0 aromatic heterocycles. The predicted octanol–water partition coefficient (Wildman–Crippen LogP) is 4.10. The highest BCUT2D eigenvalue weighted by Crippen LogP contribution is 2.32. The fourth-order valence-electron chi connectivity index (χ4n) is 4.21. The Balaban J connectivity index is 1.58. The van der Waals surface area contributed by atoms with E-state index in [-0.39, 0.29) is 10.9 Å². The summed E-state index contributed by atoms with van der Waals surface area (Å²) in [7, 11) is -2.12. The molecule has 1 saturated heterocycles. The number of aryl methyl sites for hydroxylation is 1. The molecule has 1 fully saturated rings. The normalized spacial score (nSPS) is 15.8. The maximum absolute atomic E-state index is 13.4. The Hall–Kier alpha value is -2.67. The van der Waals surface area contributed by atoms with Gasteiger partial charge in [-0.05, 0) is 35.7 Å². The third-order valence-electron chi connectivity index (χ3n) is 5.81. The second-order valence-corrected chi connectivity index (χ2v) is 9.72. The molecule has 5 nitrogen and oxygen atoms in total. The molecule has 0 bridgehead atoms. The van der Waals surface area contributed by atoms with Crippen molar-refractivity contribution in [2.24, 2.45) is 0 Å². The van der Waals surface area contributed by atoms with Gasteiger partial charge in [-0.2, -0.15) is 4.31 Å². The van der Waals surface area contributed by atoms with E-state index in [4.69, 9.17) is 4.74 Å². The van der Waals surface area contributed by atoms with Crippen LogP contribution < -0.4 is 4.74 Å². The van der Waals surface area contributed by atoms with Crippen LogP contribution in [0.3, 0.4) is 0 Å². The molecule has 162 valence electrons. The predicted molar refractivity (Wildman–Crippen MR) is 123 cm³/mol. The van der Waals surface area contributed by atoms with Crippen molar-refractivity contribution in [3.63, 3.8) is 0 Å². The van der Waals surface area contributed by atoms with E-state index in [1.165, 1.54) is 18.2 Å². The van der Waals surface area contributed by atoms with E-state index < -0.39 is 10.0 Å². The molecule has 0 atom stereocenters. The zero-order chi connectivity index (χ0) is 21.8. The third-order valence-corrected chi connectivity index (χ3v) is 7.73. The molecule has 0 radical (unpaired) electrons. The number of sulfonamides is 1. The monoisotopic (exact) mass is 436 g/mol. The molecule has 1 aliphatic heterocycles. The molecule has 0 saturated carbocycles. The van der Waals surface area contributed by atoms with Crippen molar-refractivity contribution in [3.8, 4) is 5.75 Å². The second-order valence-electron chi connectivity index (χ2n) is 7.82. The molecule has 6 heteroatoms. The quantitative estimate of drug-likeness (QED) is 0.584. The number of hydrogen-bond acceptors (Lipinski definition) is 4. The van der Waals surface area contributed by atoms with Crippen molar-refractivity contribution in [1.82, 2.24) is 9.21 Å². The van der Waals surface area contributed by atoms with Crippen molar-refractivity contribution in [1.29, 1.82) is 0 Å². The van der Waals surface area contributed by atoms with Crippen LogP contribution in [0.25, 0.3) is 0 Å². The number of nitrogens with zero attached hydrogens (tertiary/aromatic N) is 2. The number of benzene rings is 3. The van der Waals surface area contributed by atoms with Gasteiger partial charge in [0.1, 0.15) is 10.6 Å². The van der Waals surface area contributed by atoms with E-state index in [0.717, 1.165) is 5.56 Å². The summed E-state index contributed by atoms with van der Waals surface area (Å²) in [5.41, 5.74) is 3.32. The van der Waals surface area contributed by atoms with Gasteiger partial charge in [0.2, 0.25) is 10.0 Å². The maximum atomic E-state index is 13.4. The number of rotatable bonds is 6. The SMILES string of the molecule is COc1ccc(C)cc1S(=O)(=O)N1CCN(C(c2ccccc2)c2ccccc2)CC1. The fraction of sp³-hybridized carbons (Fsp3) is 0.280. The van der Waals surface area contributed by atoms with E-state index in [1.54, 1.807) is 16.4 Å². The first kappa shape index (κ1) is 21.6. The van der Waals surface area contributed by atoms with E-state index in [2.05, 4.69) is 53.4 Å². The number of hydrogen-bond donors (Lipinski definition) is 0. The topological polar surface area (TPSA) is 49.9 Å². The highest BCUT2D eigenvalue weighted by molar-refractivity contribution is 7.89. The molecule has 3 aromatic carbocycles. The number of methoxy groups -OCH3 is 1. The molecule has 4 rings (SSSR count). The van der Waals surface area contributed by atoms with Crippen LogP contribution in [0.4, 0.5) is 0 Å². The van der Waals surface area contributed by atoms with E-state index in [1.807, 2.05) is 25.1 Å². The molecule has 0 aliphatic carbocycles. The summed E-state index contributed by atoms with van der Waals surface area (Å²) in [6, 6.07) is 26.2. The standard InChI is InChI=1S/C25H28N2O3S/c1-20-13-14-23(30-2)24(19-20)31(28,29)27-17-15-26(16-18-27)25(21-9-5-3-6-10-21)22-11-7-4-8-12-22/h3-14,19,25H,15-18H2,1-2H3. The first-order chi connectivity index (χ1) is 15.0. The number of piperazine rings is 1. The Morgan fingerprint density at radius 1 is 0.806 bits per heavy atom. The van der Waals surface area contributed by atoms with E-state index >= 15 is 0 Å². The summed E-state index contributed by atoms with van der Waals surface area (Å²) in [5, 5.41) is 0. The highest BCUT2D eigenvalue weighted by atomic mass is 32.2. The number of ether oxygens (including phenoxy) is 1. The van der Waals surface area contributed by atoms with Crippen LogP contribution >= 0.6 is 0 Å². The van der Waals surface area contributed by atoms with Crippen molar-refractivity contribution in [2.45, 2.75) is 17.9 Å². The Kier molecular flexibility index (Phi) is 6.41. The van der Waals surface area contributed by atoms with Crippen molar-refractivity contribution >= 4 is 10.0 Å². The van der Waals surface area contributed by atoms with Gasteiger partial charge in [-0.1, -0.05) is 66.7 Å². The lowest BCUT2D eigenvalue weighted by Crippen LogP contribution is -2.49. The summed E-state index contributed by atoms with van der Waals surface area (Å²) >= 11 is 0. The summed E-state index contributed by atoms with van der Waals surface area (Å²) in [6.07, 6.45) is 0. The van der Waals surface area contributed by atoms with Crippen molar-refractivity contribution < 1.29 is 13.2 Å². The smallest absolute Gasteiger partial charge is 0.246 e. The van der Waals surface area contributed by atoms with Gasteiger partial charge in [0.15, 0.2) is 0 Å². The van der Waals surface area contributed by atoms with Gasteiger partial charge < -0.3 is 4.74 Å². The lowest BCUT2D eigenvalue weighted by molar-refractivity contribution is 0.155. The van der Waals surface area contributed by atoms with Crippen LogP contribution in [0.5, 0.6) is 5.75 Å². The molecular formula is C25H28N2O3S. The summed E-state index contributed by atoms with van der Waals surface area (Å²) in [5.74, 6) is 0.388. The van der Waals surface area contributed by atoms with Crippen molar-refractivity contribution in [3.05, 3.63) is 95.6 Å². The van der Waals surface area contributed by atoms with Gasteiger partial charge in [-0.3, -0.25) is 4.90 Å². The summed E-state index contributed by atoms with van der Waals surface area (Å²) in [6.45, 7) is 4.08. The lowest BCUT2D eigenvalue weighted by atomic mass is 9.96. The molecule has 0 N–H and O–H groups in total. The first-order valence-corrected chi connectivity index (χ1v) is 11.9. The molecule has 3 aromatic rings. The molecule has 0 spiro atoms. The van der Waals surface area contributed by atoms with Crippen LogP contribution in [0, 0.1) is 6.92 Å². The molecular weight excluding hydrogens is 408 g/mol. The zero-order valence-corrected chi connectivity index (χ0v) is 18.8. The zero-order valence-electron chi connectivity index (χ0n) is 17.9. The van der Waals surface area contributed by atoms with Gasteiger partial charge in [0.05, 0.1) is 13.2 Å². The molecule has 31 heavy (non-hydrogen) atoms. The second kappa shape index (κ2) is 9.22. The largest absolute Gasteiger partial charge is 0.495 e. The van der Waals surface area contributed by atoms with Crippen LogP contribution in [-0.2, 0) is 10.0 Å². The van der Waals surface area contributed by atoms with Gasteiger partial charge in [-0.25, -0.2) is 8.42 Å². The average molecular weight is 437 g/mol. The fourth-order valence-corrected chi connectivity index (χ4v) is 5.87. The third kappa shape index (κ3) is 4.51. The minimum Gasteiger partial charge on any atom is -0.495 e. The Morgan fingerprint density at radius 3 is 1.87 bits per heavy atom. The van der Waals surface area contributed by atoms with Gasteiger partial charge in [0, 0.05) is 26.2 Å². The molecule has 0 amide bonds. The van der Waals surface area contributed by atoms with Gasteiger partial charge in [-0.15, -0.1) is 0 Å². The van der Waals surface area contributed by atoms with E-state index in [9.17, 15) is 8.42 Å². The van der Waals surface area contributed by atoms with Crippen LogP contribution in [0.2, 0.25) is 0 Å². The maximum Gasteiger partial charge on any atom is 0.246 e. The minimum absolute atomic E-state index is 0.0979. The van der Waals surface area contributed by atoms with E-state index in [0.29, 0.717) is 31.9 Å². The highest BCUT2D eigenvalue weighted by Gasteiger charge is 2.33. The lowest BCUT2D eigenvalue weighted by Gasteiger charge is -2.39. The Labute approximate surface area is 184 Å². The minimum atomic E-state index is -3.62. The molecule has 0 unspecified atom stereocenters. The van der Waals surface area contributed by atoms with Gasteiger partial charge >= 0.3 is 0 Å². The van der Waals surface area contributed by atoms with Gasteiger partial charge in [0.25, 0.3) is 0 Å². The Bertz CT molecular complexity index is 1070. The molecule has 1 aliphatic rings. The average Bonchev–Trinajstić information content (AvgIpc) is 2.81. The first-order valence-electron chi connectivity index (χ1n) is 10.5.